The molecule has 1 aromatic rings. The van der Waals surface area contributed by atoms with Gasteiger partial charge in [-0.05, 0) is 24.5 Å². The van der Waals surface area contributed by atoms with E-state index < -0.39 is 0 Å². The average molecular weight is 188 g/mol. The minimum absolute atomic E-state index is 0.262. The van der Waals surface area contributed by atoms with Crippen molar-refractivity contribution in [2.24, 2.45) is 11.7 Å². The van der Waals surface area contributed by atoms with Crippen LogP contribution in [0.5, 0.6) is 0 Å². The van der Waals surface area contributed by atoms with E-state index in [-0.39, 0.29) is 6.04 Å². The third-order valence-electron chi connectivity index (χ3n) is 2.55. The summed E-state index contributed by atoms with van der Waals surface area (Å²) in [5, 5.41) is 3.40. The summed E-state index contributed by atoms with van der Waals surface area (Å²) in [6.07, 6.45) is 5.37. The molecule has 2 heteroatoms. The maximum Gasteiger partial charge on any atom is 0.0340 e. The molecule has 1 aliphatic rings. The minimum Gasteiger partial charge on any atom is -0.384 e. The van der Waals surface area contributed by atoms with E-state index in [4.69, 9.17) is 5.73 Å². The van der Waals surface area contributed by atoms with Gasteiger partial charge in [0.1, 0.15) is 0 Å². The van der Waals surface area contributed by atoms with E-state index in [1.54, 1.807) is 0 Å². The number of benzene rings is 1. The van der Waals surface area contributed by atoms with Gasteiger partial charge < -0.3 is 11.1 Å². The zero-order valence-corrected chi connectivity index (χ0v) is 8.19. The fourth-order valence-corrected chi connectivity index (χ4v) is 1.76. The molecule has 0 saturated carbocycles. The van der Waals surface area contributed by atoms with Crippen LogP contribution in [0.3, 0.4) is 0 Å². The van der Waals surface area contributed by atoms with Crippen molar-refractivity contribution >= 4 is 5.69 Å². The lowest BCUT2D eigenvalue weighted by atomic mass is 10.1. The van der Waals surface area contributed by atoms with Gasteiger partial charge in [0.15, 0.2) is 0 Å². The molecule has 0 aliphatic heterocycles. The molecule has 0 amide bonds. The maximum atomic E-state index is 5.78. The molecule has 0 bridgehead atoms. The molecule has 1 aromatic carbocycles. The van der Waals surface area contributed by atoms with Gasteiger partial charge in [0.25, 0.3) is 0 Å². The highest BCUT2D eigenvalue weighted by Gasteiger charge is 2.14. The molecule has 0 fully saturated rings. The van der Waals surface area contributed by atoms with Crippen LogP contribution in [-0.2, 0) is 0 Å². The van der Waals surface area contributed by atoms with Crippen molar-refractivity contribution in [2.75, 3.05) is 11.9 Å². The summed E-state index contributed by atoms with van der Waals surface area (Å²) >= 11 is 0. The Hall–Kier alpha value is -1.28. The van der Waals surface area contributed by atoms with Gasteiger partial charge >= 0.3 is 0 Å². The number of hydrogen-bond acceptors (Lipinski definition) is 2. The highest BCUT2D eigenvalue weighted by molar-refractivity contribution is 5.42. The third-order valence-corrected chi connectivity index (χ3v) is 2.55. The van der Waals surface area contributed by atoms with E-state index in [9.17, 15) is 0 Å². The van der Waals surface area contributed by atoms with E-state index in [0.717, 1.165) is 13.0 Å². The second-order valence-electron chi connectivity index (χ2n) is 3.79. The predicted octanol–water partition coefficient (Wildman–Crippen LogP) is 2.00. The van der Waals surface area contributed by atoms with Gasteiger partial charge in [-0.3, -0.25) is 0 Å². The Bertz CT molecular complexity index is 305. The molecule has 2 unspecified atom stereocenters. The Kier molecular flexibility index (Phi) is 2.84. The molecule has 0 saturated heterocycles. The molecule has 2 rings (SSSR count). The van der Waals surface area contributed by atoms with Gasteiger partial charge in [-0.1, -0.05) is 30.4 Å². The van der Waals surface area contributed by atoms with Crippen LogP contribution in [0.25, 0.3) is 0 Å². The van der Waals surface area contributed by atoms with Crippen molar-refractivity contribution in [3.8, 4) is 0 Å². The quantitative estimate of drug-likeness (QED) is 0.712. The van der Waals surface area contributed by atoms with Crippen molar-refractivity contribution in [2.45, 2.75) is 12.5 Å². The molecule has 0 radical (unpaired) electrons. The molecule has 0 aromatic heterocycles. The zero-order chi connectivity index (χ0) is 9.80. The van der Waals surface area contributed by atoms with Crippen LogP contribution < -0.4 is 11.1 Å². The first-order valence-corrected chi connectivity index (χ1v) is 5.07. The Balaban J connectivity index is 1.81. The number of nitrogens with one attached hydrogen (secondary N) is 1. The standard InChI is InChI=1S/C12H16N2/c13-11-7-6-10(8-11)9-14-12-4-2-1-3-5-12/h1-7,10-11,14H,8-9,13H2. The lowest BCUT2D eigenvalue weighted by Crippen LogP contribution is -2.18. The molecule has 0 heterocycles. The van der Waals surface area contributed by atoms with Crippen molar-refractivity contribution in [3.05, 3.63) is 42.5 Å². The molecule has 3 N–H and O–H groups in total. The summed E-state index contributed by atoms with van der Waals surface area (Å²) in [7, 11) is 0. The molecular weight excluding hydrogens is 172 g/mol. The van der Waals surface area contributed by atoms with Crippen LogP contribution in [-0.4, -0.2) is 12.6 Å². The molecule has 2 atom stereocenters. The molecule has 14 heavy (non-hydrogen) atoms. The smallest absolute Gasteiger partial charge is 0.0340 e. The fourth-order valence-electron chi connectivity index (χ4n) is 1.76. The van der Waals surface area contributed by atoms with E-state index in [0.29, 0.717) is 5.92 Å². The van der Waals surface area contributed by atoms with Crippen LogP contribution in [0.2, 0.25) is 0 Å². The van der Waals surface area contributed by atoms with Crippen LogP contribution in [0.4, 0.5) is 5.69 Å². The van der Waals surface area contributed by atoms with Gasteiger partial charge in [0, 0.05) is 18.3 Å². The Morgan fingerprint density at radius 2 is 2.00 bits per heavy atom. The van der Waals surface area contributed by atoms with Crippen molar-refractivity contribution < 1.29 is 0 Å². The summed E-state index contributed by atoms with van der Waals surface area (Å²) in [5.74, 6) is 0.588. The number of para-hydroxylation sites is 1. The van der Waals surface area contributed by atoms with Gasteiger partial charge in [-0.2, -0.15) is 0 Å². The molecule has 74 valence electrons. The second-order valence-corrected chi connectivity index (χ2v) is 3.79. The van der Waals surface area contributed by atoms with E-state index in [2.05, 4.69) is 29.6 Å². The van der Waals surface area contributed by atoms with E-state index in [1.165, 1.54) is 5.69 Å². The number of hydrogen-bond donors (Lipinski definition) is 2. The van der Waals surface area contributed by atoms with E-state index >= 15 is 0 Å². The van der Waals surface area contributed by atoms with Crippen LogP contribution in [0, 0.1) is 5.92 Å². The maximum absolute atomic E-state index is 5.78. The van der Waals surface area contributed by atoms with Gasteiger partial charge in [0.05, 0.1) is 0 Å². The van der Waals surface area contributed by atoms with Crippen LogP contribution in [0.1, 0.15) is 6.42 Å². The monoisotopic (exact) mass is 188 g/mol. The van der Waals surface area contributed by atoms with Gasteiger partial charge in [-0.25, -0.2) is 0 Å². The third kappa shape index (κ3) is 2.36. The minimum atomic E-state index is 0.262. The average Bonchev–Trinajstić information content (AvgIpc) is 2.63. The normalized spacial score (nSPS) is 25.2. The number of rotatable bonds is 3. The SMILES string of the molecule is NC1C=CC(CNc2ccccc2)C1. The summed E-state index contributed by atoms with van der Waals surface area (Å²) in [6, 6.07) is 10.5. The largest absolute Gasteiger partial charge is 0.384 e. The Labute approximate surface area is 84.8 Å². The summed E-state index contributed by atoms with van der Waals surface area (Å²) in [4.78, 5) is 0. The summed E-state index contributed by atoms with van der Waals surface area (Å²) in [5.41, 5.74) is 6.96. The highest BCUT2D eigenvalue weighted by Crippen LogP contribution is 2.17. The van der Waals surface area contributed by atoms with Crippen LogP contribution in [0.15, 0.2) is 42.5 Å². The predicted molar refractivity (Wildman–Crippen MR) is 60.2 cm³/mol. The molecular formula is C12H16N2. The zero-order valence-electron chi connectivity index (χ0n) is 8.19. The summed E-state index contributed by atoms with van der Waals surface area (Å²) < 4.78 is 0. The van der Waals surface area contributed by atoms with Crippen LogP contribution >= 0.6 is 0 Å². The van der Waals surface area contributed by atoms with E-state index in [1.807, 2.05) is 18.2 Å². The first kappa shape index (κ1) is 9.28. The molecule has 2 nitrogen and oxygen atoms in total. The van der Waals surface area contributed by atoms with Gasteiger partial charge in [0.2, 0.25) is 0 Å². The first-order chi connectivity index (χ1) is 6.84. The van der Waals surface area contributed by atoms with Crippen molar-refractivity contribution in [1.29, 1.82) is 0 Å². The second kappa shape index (κ2) is 4.29. The summed E-state index contributed by atoms with van der Waals surface area (Å²) in [6.45, 7) is 0.980. The first-order valence-electron chi connectivity index (χ1n) is 5.07. The lowest BCUT2D eigenvalue weighted by Gasteiger charge is -2.11. The topological polar surface area (TPSA) is 38.0 Å². The fraction of sp³-hybridized carbons (Fsp3) is 0.333. The molecule has 1 aliphatic carbocycles. The van der Waals surface area contributed by atoms with Crippen molar-refractivity contribution in [3.63, 3.8) is 0 Å². The number of nitrogens with two attached hydrogens (primary N) is 1. The highest BCUT2D eigenvalue weighted by atomic mass is 14.9. The van der Waals surface area contributed by atoms with Gasteiger partial charge in [-0.15, -0.1) is 0 Å². The number of anilines is 1. The molecule has 0 spiro atoms. The Morgan fingerprint density at radius 1 is 1.21 bits per heavy atom. The Morgan fingerprint density at radius 3 is 2.64 bits per heavy atom. The van der Waals surface area contributed by atoms with Crippen molar-refractivity contribution in [1.82, 2.24) is 0 Å². The lowest BCUT2D eigenvalue weighted by molar-refractivity contribution is 0.615.